The lowest BCUT2D eigenvalue weighted by atomic mass is 10.00. The summed E-state index contributed by atoms with van der Waals surface area (Å²) >= 11 is 0. The molecule has 2 nitrogen and oxygen atoms in total. The van der Waals surface area contributed by atoms with Gasteiger partial charge in [0.2, 0.25) is 0 Å². The molecule has 0 aliphatic carbocycles. The standard InChI is InChI=1S/C12H18FNO/c1-14-8-11(9-15-2)6-10-4-3-5-12(13)7-10/h3-5,7,11,14H,6,8-9H2,1-2H3. The van der Waals surface area contributed by atoms with Gasteiger partial charge in [0.25, 0.3) is 0 Å². The highest BCUT2D eigenvalue weighted by atomic mass is 19.1. The van der Waals surface area contributed by atoms with Gasteiger partial charge in [-0.3, -0.25) is 0 Å². The molecule has 84 valence electrons. The Morgan fingerprint density at radius 2 is 2.27 bits per heavy atom. The second-order valence-electron chi connectivity index (χ2n) is 3.71. The third-order valence-corrected chi connectivity index (χ3v) is 2.31. The van der Waals surface area contributed by atoms with E-state index in [-0.39, 0.29) is 5.82 Å². The van der Waals surface area contributed by atoms with E-state index in [0.29, 0.717) is 12.5 Å². The Balaban J connectivity index is 2.56. The third-order valence-electron chi connectivity index (χ3n) is 2.31. The quantitative estimate of drug-likeness (QED) is 0.775. The van der Waals surface area contributed by atoms with Crippen molar-refractivity contribution in [3.8, 4) is 0 Å². The van der Waals surface area contributed by atoms with Crippen LogP contribution >= 0.6 is 0 Å². The summed E-state index contributed by atoms with van der Waals surface area (Å²) in [5, 5.41) is 3.11. The first-order valence-corrected chi connectivity index (χ1v) is 5.14. The number of methoxy groups -OCH3 is 1. The van der Waals surface area contributed by atoms with Gasteiger partial charge in [-0.15, -0.1) is 0 Å². The zero-order valence-corrected chi connectivity index (χ0v) is 9.29. The van der Waals surface area contributed by atoms with Crippen LogP contribution in [0.15, 0.2) is 24.3 Å². The lowest BCUT2D eigenvalue weighted by Crippen LogP contribution is -2.24. The van der Waals surface area contributed by atoms with Gasteiger partial charge >= 0.3 is 0 Å². The number of rotatable bonds is 6. The zero-order chi connectivity index (χ0) is 11.1. The summed E-state index contributed by atoms with van der Waals surface area (Å²) in [7, 11) is 3.60. The lowest BCUT2D eigenvalue weighted by Gasteiger charge is -2.15. The van der Waals surface area contributed by atoms with Crippen LogP contribution in [0.1, 0.15) is 5.56 Å². The molecule has 15 heavy (non-hydrogen) atoms. The number of hydrogen-bond acceptors (Lipinski definition) is 2. The van der Waals surface area contributed by atoms with Crippen LogP contribution in [-0.2, 0) is 11.2 Å². The first kappa shape index (κ1) is 12.1. The second kappa shape index (κ2) is 6.53. The van der Waals surface area contributed by atoms with Crippen LogP contribution in [0.25, 0.3) is 0 Å². The fourth-order valence-electron chi connectivity index (χ4n) is 1.71. The Labute approximate surface area is 90.4 Å². The number of benzene rings is 1. The molecule has 3 heteroatoms. The van der Waals surface area contributed by atoms with Crippen LogP contribution in [0, 0.1) is 11.7 Å². The summed E-state index contributed by atoms with van der Waals surface area (Å²) in [5.74, 6) is 0.218. The van der Waals surface area contributed by atoms with E-state index in [2.05, 4.69) is 5.32 Å². The molecule has 0 aliphatic rings. The van der Waals surface area contributed by atoms with Crippen LogP contribution < -0.4 is 5.32 Å². The molecule has 1 aromatic rings. The van der Waals surface area contributed by atoms with E-state index in [4.69, 9.17) is 4.74 Å². The molecule has 0 saturated carbocycles. The SMILES string of the molecule is CNCC(COC)Cc1cccc(F)c1. The average Bonchev–Trinajstić information content (AvgIpc) is 2.18. The maximum atomic E-state index is 12.9. The Hall–Kier alpha value is -0.930. The second-order valence-corrected chi connectivity index (χ2v) is 3.71. The third kappa shape index (κ3) is 4.40. The van der Waals surface area contributed by atoms with Gasteiger partial charge in [-0.2, -0.15) is 0 Å². The highest BCUT2D eigenvalue weighted by molar-refractivity contribution is 5.16. The molecule has 0 aromatic heterocycles. The van der Waals surface area contributed by atoms with Crippen LogP contribution in [0.3, 0.4) is 0 Å². The number of halogens is 1. The molecule has 1 N–H and O–H groups in total. The Morgan fingerprint density at radius 1 is 1.47 bits per heavy atom. The van der Waals surface area contributed by atoms with Gasteiger partial charge in [-0.25, -0.2) is 4.39 Å². The molecule has 0 saturated heterocycles. The molecule has 1 aromatic carbocycles. The molecular formula is C12H18FNO. The van der Waals surface area contributed by atoms with Crippen molar-refractivity contribution in [1.82, 2.24) is 5.32 Å². The van der Waals surface area contributed by atoms with E-state index in [0.717, 1.165) is 18.5 Å². The van der Waals surface area contributed by atoms with Gasteiger partial charge in [0.15, 0.2) is 0 Å². The van der Waals surface area contributed by atoms with E-state index in [1.807, 2.05) is 13.1 Å². The van der Waals surface area contributed by atoms with Crippen LogP contribution in [-0.4, -0.2) is 27.3 Å². The number of ether oxygens (including phenoxy) is 1. The molecule has 1 rings (SSSR count). The van der Waals surface area contributed by atoms with Crippen molar-refractivity contribution in [3.63, 3.8) is 0 Å². The summed E-state index contributed by atoms with van der Waals surface area (Å²) in [6.07, 6.45) is 0.840. The summed E-state index contributed by atoms with van der Waals surface area (Å²) in [5.41, 5.74) is 1.02. The van der Waals surface area contributed by atoms with Crippen molar-refractivity contribution in [3.05, 3.63) is 35.6 Å². The maximum Gasteiger partial charge on any atom is 0.123 e. The van der Waals surface area contributed by atoms with Crippen molar-refractivity contribution < 1.29 is 9.13 Å². The van der Waals surface area contributed by atoms with Crippen molar-refractivity contribution >= 4 is 0 Å². The number of nitrogens with one attached hydrogen (secondary N) is 1. The first-order valence-electron chi connectivity index (χ1n) is 5.14. The zero-order valence-electron chi connectivity index (χ0n) is 9.29. The largest absolute Gasteiger partial charge is 0.384 e. The highest BCUT2D eigenvalue weighted by Crippen LogP contribution is 2.10. The minimum absolute atomic E-state index is 0.173. The Kier molecular flexibility index (Phi) is 5.29. The molecule has 0 aliphatic heterocycles. The predicted molar refractivity (Wildman–Crippen MR) is 59.4 cm³/mol. The van der Waals surface area contributed by atoms with Gasteiger partial charge in [-0.1, -0.05) is 12.1 Å². The van der Waals surface area contributed by atoms with Crippen LogP contribution in [0.2, 0.25) is 0 Å². The molecule has 0 fully saturated rings. The minimum Gasteiger partial charge on any atom is -0.384 e. The minimum atomic E-state index is -0.173. The van der Waals surface area contributed by atoms with Crippen molar-refractivity contribution in [1.29, 1.82) is 0 Å². The summed E-state index contributed by atoms with van der Waals surface area (Å²) in [4.78, 5) is 0. The van der Waals surface area contributed by atoms with Crippen LogP contribution in [0.5, 0.6) is 0 Å². The smallest absolute Gasteiger partial charge is 0.123 e. The highest BCUT2D eigenvalue weighted by Gasteiger charge is 2.08. The first-order chi connectivity index (χ1) is 7.26. The molecule has 0 heterocycles. The van der Waals surface area contributed by atoms with Crippen molar-refractivity contribution in [2.45, 2.75) is 6.42 Å². The van der Waals surface area contributed by atoms with Crippen LogP contribution in [0.4, 0.5) is 4.39 Å². The monoisotopic (exact) mass is 211 g/mol. The summed E-state index contributed by atoms with van der Waals surface area (Å²) < 4.78 is 18.1. The van der Waals surface area contributed by atoms with E-state index in [1.54, 1.807) is 19.2 Å². The topological polar surface area (TPSA) is 21.3 Å². The molecular weight excluding hydrogens is 193 g/mol. The predicted octanol–water partition coefficient (Wildman–Crippen LogP) is 1.85. The van der Waals surface area contributed by atoms with Gasteiger partial charge in [0.05, 0.1) is 6.61 Å². The molecule has 0 bridgehead atoms. The molecule has 0 spiro atoms. The Bertz CT molecular complexity index is 285. The fraction of sp³-hybridized carbons (Fsp3) is 0.500. The van der Waals surface area contributed by atoms with Gasteiger partial charge in [-0.05, 0) is 37.1 Å². The fourth-order valence-corrected chi connectivity index (χ4v) is 1.71. The molecule has 0 radical (unpaired) electrons. The molecule has 1 atom stereocenters. The van der Waals surface area contributed by atoms with Crippen molar-refractivity contribution in [2.24, 2.45) is 5.92 Å². The van der Waals surface area contributed by atoms with Gasteiger partial charge in [0.1, 0.15) is 5.82 Å². The molecule has 0 amide bonds. The summed E-state index contributed by atoms with van der Waals surface area (Å²) in [6, 6.07) is 6.74. The normalized spacial score (nSPS) is 12.7. The van der Waals surface area contributed by atoms with E-state index >= 15 is 0 Å². The van der Waals surface area contributed by atoms with Crippen molar-refractivity contribution in [2.75, 3.05) is 27.3 Å². The lowest BCUT2D eigenvalue weighted by molar-refractivity contribution is 0.152. The average molecular weight is 211 g/mol. The number of hydrogen-bond donors (Lipinski definition) is 1. The van der Waals surface area contributed by atoms with Gasteiger partial charge < -0.3 is 10.1 Å². The van der Waals surface area contributed by atoms with E-state index in [9.17, 15) is 4.39 Å². The maximum absolute atomic E-state index is 12.9. The molecule has 1 unspecified atom stereocenters. The Morgan fingerprint density at radius 3 is 2.87 bits per heavy atom. The van der Waals surface area contributed by atoms with E-state index < -0.39 is 0 Å². The summed E-state index contributed by atoms with van der Waals surface area (Å²) in [6.45, 7) is 1.57. The van der Waals surface area contributed by atoms with E-state index in [1.165, 1.54) is 6.07 Å². The van der Waals surface area contributed by atoms with Gasteiger partial charge in [0, 0.05) is 13.7 Å².